The molecule has 2 aromatic rings. The fraction of sp³-hybridized carbons (Fsp3) is 0.364. The number of rotatable bonds is 9. The highest BCUT2D eigenvalue weighted by Crippen LogP contribution is 2.31. The molecule has 0 aromatic heterocycles. The number of para-hydroxylation sites is 2. The summed E-state index contributed by atoms with van der Waals surface area (Å²) < 4.78 is 40.0. The first-order valence-electron chi connectivity index (χ1n) is 9.88. The number of benzene rings is 2. The molecule has 1 aliphatic heterocycles. The van der Waals surface area contributed by atoms with Gasteiger partial charge in [-0.25, -0.2) is 0 Å². The van der Waals surface area contributed by atoms with Gasteiger partial charge in [0, 0.05) is 19.4 Å². The summed E-state index contributed by atoms with van der Waals surface area (Å²) in [5.41, 5.74) is 1.42. The third-order valence-corrected chi connectivity index (χ3v) is 4.78. The number of ether oxygens (including phenoxy) is 3. The van der Waals surface area contributed by atoms with Crippen molar-refractivity contribution in [2.24, 2.45) is 0 Å². The van der Waals surface area contributed by atoms with Gasteiger partial charge in [-0.2, -0.15) is 8.78 Å². The van der Waals surface area contributed by atoms with E-state index in [-0.39, 0.29) is 36.2 Å². The van der Waals surface area contributed by atoms with Gasteiger partial charge in [0.05, 0.1) is 19.3 Å². The average Bonchev–Trinajstić information content (AvgIpc) is 2.77. The number of alkyl halides is 2. The van der Waals surface area contributed by atoms with Gasteiger partial charge >= 0.3 is 6.61 Å². The van der Waals surface area contributed by atoms with Crippen molar-refractivity contribution < 1.29 is 32.6 Å². The van der Waals surface area contributed by atoms with Crippen LogP contribution in [0.5, 0.6) is 17.2 Å². The minimum absolute atomic E-state index is 0.0563. The molecule has 0 fully saturated rings. The molecule has 0 bridgehead atoms. The Kier molecular flexibility index (Phi) is 7.64. The fourth-order valence-corrected chi connectivity index (χ4v) is 3.28. The van der Waals surface area contributed by atoms with Crippen molar-refractivity contribution in [2.75, 3.05) is 31.7 Å². The van der Waals surface area contributed by atoms with Crippen LogP contribution in [0.2, 0.25) is 0 Å². The summed E-state index contributed by atoms with van der Waals surface area (Å²) in [6.45, 7) is -1.81. The second-order valence-corrected chi connectivity index (χ2v) is 6.83. The van der Waals surface area contributed by atoms with E-state index in [1.807, 2.05) is 18.2 Å². The van der Waals surface area contributed by atoms with E-state index in [2.05, 4.69) is 10.1 Å². The number of carbonyl (C=O) groups excluding carboxylic acids is 2. The molecule has 0 spiro atoms. The maximum Gasteiger partial charge on any atom is 0.387 e. The zero-order valence-electron chi connectivity index (χ0n) is 17.1. The minimum Gasteiger partial charge on any atom is -0.493 e. The van der Waals surface area contributed by atoms with E-state index in [9.17, 15) is 18.4 Å². The molecular formula is C22H24F2N2O5. The van der Waals surface area contributed by atoms with E-state index in [0.29, 0.717) is 43.1 Å². The van der Waals surface area contributed by atoms with Gasteiger partial charge in [-0.05, 0) is 36.2 Å². The second-order valence-electron chi connectivity index (χ2n) is 6.83. The molecule has 0 radical (unpaired) electrons. The Morgan fingerprint density at radius 2 is 1.97 bits per heavy atom. The van der Waals surface area contributed by atoms with Crippen molar-refractivity contribution in [3.05, 3.63) is 48.0 Å². The van der Waals surface area contributed by atoms with Gasteiger partial charge in [0.25, 0.3) is 0 Å². The number of amides is 2. The summed E-state index contributed by atoms with van der Waals surface area (Å²) in [4.78, 5) is 26.3. The Hall–Kier alpha value is -3.36. The molecule has 0 atom stereocenters. The molecule has 0 aliphatic carbocycles. The summed E-state index contributed by atoms with van der Waals surface area (Å²) >= 11 is 0. The first-order valence-corrected chi connectivity index (χ1v) is 9.88. The van der Waals surface area contributed by atoms with E-state index in [0.717, 1.165) is 0 Å². The number of carbonyl (C=O) groups is 2. The SMILES string of the molecule is COc1ccc(CCNC(=O)CCC(=O)N2CCOc3ccccc32)cc1OC(F)F. The molecule has 2 aromatic carbocycles. The zero-order valence-corrected chi connectivity index (χ0v) is 17.1. The van der Waals surface area contributed by atoms with Crippen molar-refractivity contribution in [2.45, 2.75) is 25.9 Å². The van der Waals surface area contributed by atoms with Gasteiger partial charge < -0.3 is 24.4 Å². The third-order valence-electron chi connectivity index (χ3n) is 4.78. The van der Waals surface area contributed by atoms with Gasteiger partial charge in [0.2, 0.25) is 11.8 Å². The van der Waals surface area contributed by atoms with Crippen LogP contribution in [0.1, 0.15) is 18.4 Å². The molecule has 0 unspecified atom stereocenters. The van der Waals surface area contributed by atoms with Gasteiger partial charge in [-0.15, -0.1) is 0 Å². The van der Waals surface area contributed by atoms with Gasteiger partial charge in [0.15, 0.2) is 11.5 Å². The topological polar surface area (TPSA) is 77.1 Å². The molecular weight excluding hydrogens is 410 g/mol. The van der Waals surface area contributed by atoms with Crippen molar-refractivity contribution in [1.82, 2.24) is 5.32 Å². The molecule has 0 saturated carbocycles. The lowest BCUT2D eigenvalue weighted by Crippen LogP contribution is -2.38. The Balaban J connectivity index is 1.45. The predicted molar refractivity (Wildman–Crippen MR) is 110 cm³/mol. The number of methoxy groups -OCH3 is 1. The molecule has 166 valence electrons. The van der Waals surface area contributed by atoms with E-state index in [1.165, 1.54) is 19.2 Å². The molecule has 1 aliphatic rings. The molecule has 9 heteroatoms. The highest BCUT2D eigenvalue weighted by molar-refractivity contribution is 5.97. The van der Waals surface area contributed by atoms with Crippen LogP contribution in [0.25, 0.3) is 0 Å². The number of hydrogen-bond donors (Lipinski definition) is 1. The van der Waals surface area contributed by atoms with Gasteiger partial charge in [-0.3, -0.25) is 9.59 Å². The van der Waals surface area contributed by atoms with E-state index < -0.39 is 6.61 Å². The van der Waals surface area contributed by atoms with Crippen molar-refractivity contribution >= 4 is 17.5 Å². The molecule has 7 nitrogen and oxygen atoms in total. The summed E-state index contributed by atoms with van der Waals surface area (Å²) in [7, 11) is 1.37. The van der Waals surface area contributed by atoms with E-state index in [4.69, 9.17) is 9.47 Å². The molecule has 2 amide bonds. The van der Waals surface area contributed by atoms with E-state index >= 15 is 0 Å². The fourth-order valence-electron chi connectivity index (χ4n) is 3.28. The summed E-state index contributed by atoms with van der Waals surface area (Å²) in [6.07, 6.45) is 0.551. The van der Waals surface area contributed by atoms with Crippen molar-refractivity contribution in [3.8, 4) is 17.2 Å². The first-order chi connectivity index (χ1) is 15.0. The normalized spacial score (nSPS) is 12.7. The van der Waals surface area contributed by atoms with Crippen LogP contribution in [0.15, 0.2) is 42.5 Å². The maximum absolute atomic E-state index is 12.5. The first kappa shape index (κ1) is 22.3. The largest absolute Gasteiger partial charge is 0.493 e. The quantitative estimate of drug-likeness (QED) is 0.656. The highest BCUT2D eigenvalue weighted by Gasteiger charge is 2.23. The van der Waals surface area contributed by atoms with Crippen LogP contribution in [0.3, 0.4) is 0 Å². The third kappa shape index (κ3) is 6.07. The molecule has 1 heterocycles. The minimum atomic E-state index is -2.96. The summed E-state index contributed by atoms with van der Waals surface area (Å²) in [6, 6.07) is 12.0. The average molecular weight is 434 g/mol. The standard InChI is InChI=1S/C22H24F2N2O5/c1-29-18-7-6-15(14-19(18)31-22(23)24)10-11-25-20(27)8-9-21(28)26-12-13-30-17-5-3-2-4-16(17)26/h2-7,14,22H,8-13H2,1H3,(H,25,27). The molecule has 0 saturated heterocycles. The number of nitrogens with zero attached hydrogens (tertiary/aromatic N) is 1. The number of nitrogens with one attached hydrogen (secondary N) is 1. The van der Waals surface area contributed by atoms with E-state index in [1.54, 1.807) is 17.0 Å². The Morgan fingerprint density at radius 3 is 2.74 bits per heavy atom. The number of halogens is 2. The second kappa shape index (κ2) is 10.6. The number of fused-ring (bicyclic) bond motifs is 1. The Labute approximate surface area is 178 Å². The van der Waals surface area contributed by atoms with Crippen LogP contribution in [-0.4, -0.2) is 45.2 Å². The lowest BCUT2D eigenvalue weighted by atomic mass is 10.1. The smallest absolute Gasteiger partial charge is 0.387 e. The predicted octanol–water partition coefficient (Wildman–Crippen LogP) is 3.16. The molecule has 3 rings (SSSR count). The maximum atomic E-state index is 12.5. The molecule has 1 N–H and O–H groups in total. The highest BCUT2D eigenvalue weighted by atomic mass is 19.3. The van der Waals surface area contributed by atoms with Gasteiger partial charge in [0.1, 0.15) is 12.4 Å². The lowest BCUT2D eigenvalue weighted by molar-refractivity contribution is -0.125. The Morgan fingerprint density at radius 1 is 1.16 bits per heavy atom. The van der Waals surface area contributed by atoms with Crippen LogP contribution < -0.4 is 24.4 Å². The Bertz CT molecular complexity index is 923. The molecule has 31 heavy (non-hydrogen) atoms. The van der Waals surface area contributed by atoms with Gasteiger partial charge in [-0.1, -0.05) is 18.2 Å². The van der Waals surface area contributed by atoms with Crippen LogP contribution in [0, 0.1) is 0 Å². The summed E-state index contributed by atoms with van der Waals surface area (Å²) in [5.74, 6) is 0.400. The number of hydrogen-bond acceptors (Lipinski definition) is 5. The monoisotopic (exact) mass is 434 g/mol. The number of anilines is 1. The van der Waals surface area contributed by atoms with Crippen LogP contribution >= 0.6 is 0 Å². The van der Waals surface area contributed by atoms with Crippen molar-refractivity contribution in [3.63, 3.8) is 0 Å². The lowest BCUT2D eigenvalue weighted by Gasteiger charge is -2.29. The van der Waals surface area contributed by atoms with Crippen LogP contribution in [-0.2, 0) is 16.0 Å². The van der Waals surface area contributed by atoms with Crippen LogP contribution in [0.4, 0.5) is 14.5 Å². The summed E-state index contributed by atoms with van der Waals surface area (Å²) in [5, 5.41) is 2.74. The van der Waals surface area contributed by atoms with Crippen molar-refractivity contribution in [1.29, 1.82) is 0 Å². The zero-order chi connectivity index (χ0) is 22.2.